The SMILES string of the molecule is C=C1C(=O)N[C@@H](C)C(=O)N(C)[C@@H](C)C(=O)N[C@@H]([C@H](OC(=O)[C@@H](CC(=O)CC)[C@H](OC(=O)OCc2ccc(NC(=O)[C@H](CCCNC(N)=O)CC(=O)[C@@H](NC(=O)CCN3C(=O)CC(C)C3=O)C(C)C)cc2)C(C)C)C(C)C)C(=O)N(C)[C@@H]([C@@H](C)OC)C(=O)O[C@H](C(C)C)[C@H](NC(C)=O)C(=O)O[C@H](Cc2ccccc2)C(=O)N1C. The van der Waals surface area contributed by atoms with Gasteiger partial charge in [0.2, 0.25) is 47.3 Å². The number of primary amides is 1. The number of nitrogens with two attached hydrogens (primary N) is 1. The van der Waals surface area contributed by atoms with Crippen LogP contribution in [-0.4, -0.2) is 228 Å². The normalized spacial score (nSPS) is 21.8. The number of hydrogen-bond donors (Lipinski definition) is 7. The molecule has 1 unspecified atom stereocenters. The van der Waals surface area contributed by atoms with Crippen LogP contribution >= 0.6 is 0 Å². The highest BCUT2D eigenvalue weighted by atomic mass is 16.7. The smallest absolute Gasteiger partial charge is 0.459 e. The number of urea groups is 1. The van der Waals surface area contributed by atoms with Crippen molar-refractivity contribution >= 4 is 106 Å². The van der Waals surface area contributed by atoms with Crippen LogP contribution in [0.25, 0.3) is 0 Å². The third kappa shape index (κ3) is 27.1. The average Bonchev–Trinajstić information content (AvgIpc) is 1.07. The molecule has 34 nitrogen and oxygen atoms in total. The quantitative estimate of drug-likeness (QED) is 0.0180. The number of benzene rings is 2. The lowest BCUT2D eigenvalue weighted by Crippen LogP contribution is -2.63. The lowest BCUT2D eigenvalue weighted by molar-refractivity contribution is -0.177. The number of amides is 12. The molecule has 0 bridgehead atoms. The van der Waals surface area contributed by atoms with E-state index in [1.165, 1.54) is 87.0 Å². The number of hydrogen-bond acceptors (Lipinski definition) is 23. The molecule has 0 radical (unpaired) electrons. The molecule has 2 aromatic carbocycles. The molecule has 12 amide bonds. The molecular formula is C78H113N11O23. The molecule has 0 spiro atoms. The molecule has 618 valence electrons. The summed E-state index contributed by atoms with van der Waals surface area (Å²) < 4.78 is 35.4. The molecule has 0 aliphatic carbocycles. The molecule has 0 saturated carbocycles. The van der Waals surface area contributed by atoms with Crippen molar-refractivity contribution < 1.29 is 110 Å². The fourth-order valence-corrected chi connectivity index (χ4v) is 12.6. The predicted octanol–water partition coefficient (Wildman–Crippen LogP) is 3.72. The molecule has 112 heavy (non-hydrogen) atoms. The summed E-state index contributed by atoms with van der Waals surface area (Å²) in [5.41, 5.74) is 5.84. The molecule has 4 rings (SSSR count). The van der Waals surface area contributed by atoms with E-state index in [0.29, 0.717) is 11.1 Å². The number of methoxy groups -OCH3 is 1. The number of anilines is 1. The van der Waals surface area contributed by atoms with Gasteiger partial charge in [-0.05, 0) is 80.5 Å². The molecule has 0 aromatic heterocycles. The number of likely N-dealkylation sites (N-methyl/N-ethyl adjacent to an activating group) is 3. The van der Waals surface area contributed by atoms with Gasteiger partial charge in [0, 0.05) is 104 Å². The maximum Gasteiger partial charge on any atom is 0.508 e. The van der Waals surface area contributed by atoms with Crippen LogP contribution in [0.2, 0.25) is 0 Å². The van der Waals surface area contributed by atoms with Gasteiger partial charge < -0.3 is 80.8 Å². The average molecular weight is 1570 g/mol. The summed E-state index contributed by atoms with van der Waals surface area (Å²) >= 11 is 0. The summed E-state index contributed by atoms with van der Waals surface area (Å²) in [6.07, 6.45) is -10.4. The van der Waals surface area contributed by atoms with Gasteiger partial charge >= 0.3 is 30.1 Å². The van der Waals surface area contributed by atoms with E-state index in [1.54, 1.807) is 78.8 Å². The number of carbonyl (C=O) groups excluding carboxylic acids is 17. The number of Topliss-reactive ketones (excluding diaryl/α,β-unsaturated/α-hetero) is 2. The lowest BCUT2D eigenvalue weighted by atomic mass is 9.88. The minimum absolute atomic E-state index is 0.0330. The summed E-state index contributed by atoms with van der Waals surface area (Å²) in [4.78, 5) is 239. The molecular weight excluding hydrogens is 1460 g/mol. The maximum absolute atomic E-state index is 15.7. The number of nitrogens with one attached hydrogen (secondary N) is 6. The minimum Gasteiger partial charge on any atom is -0.459 e. The zero-order chi connectivity index (χ0) is 84.5. The number of cyclic esters (lactones) is 2. The van der Waals surface area contributed by atoms with Crippen LogP contribution in [0.3, 0.4) is 0 Å². The highest BCUT2D eigenvalue weighted by Crippen LogP contribution is 2.29. The molecule has 34 heteroatoms. The van der Waals surface area contributed by atoms with Crippen LogP contribution in [0, 0.1) is 41.4 Å². The topological polar surface area (TPSA) is 457 Å². The fraction of sp³-hybridized carbons (Fsp3) is 0.603. The summed E-state index contributed by atoms with van der Waals surface area (Å²) in [5, 5.41) is 15.5. The zero-order valence-corrected chi connectivity index (χ0v) is 67.3. The van der Waals surface area contributed by atoms with Crippen molar-refractivity contribution in [1.29, 1.82) is 0 Å². The number of likely N-dealkylation sites (tertiary alicyclic amines) is 1. The Morgan fingerprint density at radius 1 is 0.732 bits per heavy atom. The number of ether oxygens (including phenoxy) is 6. The van der Waals surface area contributed by atoms with Gasteiger partial charge in [-0.1, -0.05) is 118 Å². The second-order valence-electron chi connectivity index (χ2n) is 29.7. The van der Waals surface area contributed by atoms with Gasteiger partial charge in [0.15, 0.2) is 24.0 Å². The van der Waals surface area contributed by atoms with E-state index in [4.69, 9.17) is 34.2 Å². The van der Waals surface area contributed by atoms with E-state index < -0.39 is 228 Å². The van der Waals surface area contributed by atoms with Crippen LogP contribution in [0.4, 0.5) is 15.3 Å². The Morgan fingerprint density at radius 2 is 1.37 bits per heavy atom. The molecule has 2 heterocycles. The number of ketones is 2. The highest BCUT2D eigenvalue weighted by molar-refractivity contribution is 6.04. The van der Waals surface area contributed by atoms with Gasteiger partial charge in [-0.25, -0.2) is 19.2 Å². The van der Waals surface area contributed by atoms with E-state index in [-0.39, 0.29) is 63.7 Å². The summed E-state index contributed by atoms with van der Waals surface area (Å²) in [6.45, 7) is 24.1. The number of imide groups is 1. The lowest BCUT2D eigenvalue weighted by Gasteiger charge is -2.39. The van der Waals surface area contributed by atoms with Gasteiger partial charge in [-0.3, -0.25) is 67.2 Å². The van der Waals surface area contributed by atoms with Crippen LogP contribution in [-0.2, 0) is 113 Å². The van der Waals surface area contributed by atoms with E-state index in [0.717, 1.165) is 33.6 Å². The Morgan fingerprint density at radius 3 is 1.91 bits per heavy atom. The van der Waals surface area contributed by atoms with Crippen LogP contribution in [0.1, 0.15) is 153 Å². The molecule has 8 N–H and O–H groups in total. The molecule has 14 atom stereocenters. The zero-order valence-electron chi connectivity index (χ0n) is 67.3. The molecule has 2 fully saturated rings. The predicted molar refractivity (Wildman–Crippen MR) is 404 cm³/mol. The Kier molecular flexibility index (Phi) is 36.6. The monoisotopic (exact) mass is 1570 g/mol. The Hall–Kier alpha value is -10.7. The third-order valence-corrected chi connectivity index (χ3v) is 19.5. The van der Waals surface area contributed by atoms with Gasteiger partial charge in [-0.15, -0.1) is 0 Å². The number of esters is 3. The number of nitrogens with zero attached hydrogens (tertiary/aromatic N) is 4. The Bertz CT molecular complexity index is 3740. The van der Waals surface area contributed by atoms with Crippen molar-refractivity contribution in [2.45, 2.75) is 222 Å². The van der Waals surface area contributed by atoms with E-state index in [1.807, 2.05) is 0 Å². The van der Waals surface area contributed by atoms with E-state index in [2.05, 4.69) is 38.5 Å². The van der Waals surface area contributed by atoms with E-state index >= 15 is 14.4 Å². The molecule has 2 aromatic rings. The van der Waals surface area contributed by atoms with Gasteiger partial charge in [-0.2, -0.15) is 0 Å². The molecule has 2 saturated heterocycles. The van der Waals surface area contributed by atoms with Crippen LogP contribution < -0.4 is 37.6 Å². The minimum atomic E-state index is -2.01. The van der Waals surface area contributed by atoms with Crippen molar-refractivity contribution in [3.63, 3.8) is 0 Å². The Labute approximate surface area is 653 Å². The van der Waals surface area contributed by atoms with Gasteiger partial charge in [0.25, 0.3) is 11.8 Å². The standard InChI is InChI=1S/C78H113N11O23/c1-20-54(91)38-55(64(41(4)5)112-78(106)108-39-51-28-30-53(31-29-51)83-69(97)52(27-24-33-80-77(79)105)37-56(92)60(40(2)3)84-58(93)32-34-89-59(94)35-44(10)70(89)98)74(102)110-65(42(6)7)61-73(101)88(18)63(48(14)107-19)76(104)111-66(43(8)9)62(82-49(15)90)75(103)109-57(36-50-25-22-21-23-26-50)72(100)87(17)46(12)67(95)81-45(11)71(99)86(16)47(13)68(96)85-61/h21-23,25-26,28-31,40-45,47-48,52,55,57,60-66H,12,20,24,27,32-39H2,1-11,13-19H3,(H,81,95)(H,82,90)(H,83,97)(H,84,93)(H,85,96)(H3,79,80,105)/t44?,45-,47-,48+,52+,55-,57+,60-,61-,62-,63-,64+,65+,66+/m0/s1. The van der Waals surface area contributed by atoms with E-state index in [9.17, 15) is 67.1 Å². The first kappa shape index (κ1) is 93.7. The van der Waals surface area contributed by atoms with Crippen molar-refractivity contribution in [2.24, 2.45) is 47.2 Å². The molecule has 2 aliphatic rings. The Balaban J connectivity index is 1.70. The van der Waals surface area contributed by atoms with Gasteiger partial charge in [0.1, 0.15) is 60.4 Å². The first-order valence-electron chi connectivity index (χ1n) is 37.5. The number of carbonyl (C=O) groups is 17. The van der Waals surface area contributed by atoms with Crippen LogP contribution in [0.15, 0.2) is 66.9 Å². The van der Waals surface area contributed by atoms with Crippen molar-refractivity contribution in [3.8, 4) is 0 Å². The largest absolute Gasteiger partial charge is 0.508 e. The van der Waals surface area contributed by atoms with Crippen molar-refractivity contribution in [3.05, 3.63) is 78.0 Å². The fourth-order valence-electron chi connectivity index (χ4n) is 12.6. The first-order chi connectivity index (χ1) is 52.5. The summed E-state index contributed by atoms with van der Waals surface area (Å²) in [5.74, 6) is -18.7. The van der Waals surface area contributed by atoms with Crippen LogP contribution in [0.5, 0.6) is 0 Å². The second kappa shape index (κ2) is 43.8. The van der Waals surface area contributed by atoms with Gasteiger partial charge in [0.05, 0.1) is 12.1 Å². The van der Waals surface area contributed by atoms with Crippen molar-refractivity contribution in [1.82, 2.24) is 46.2 Å². The first-order valence-corrected chi connectivity index (χ1v) is 37.5. The molecule has 2 aliphatic heterocycles. The third-order valence-electron chi connectivity index (χ3n) is 19.5. The summed E-state index contributed by atoms with van der Waals surface area (Å²) in [6, 6.07) is 3.81. The summed E-state index contributed by atoms with van der Waals surface area (Å²) in [7, 11) is 4.75. The van der Waals surface area contributed by atoms with Crippen molar-refractivity contribution in [2.75, 3.05) is 46.7 Å². The number of rotatable bonds is 32. The highest BCUT2D eigenvalue weighted by Gasteiger charge is 2.48. The maximum atomic E-state index is 15.7. The second-order valence-corrected chi connectivity index (χ2v) is 29.7.